The minimum absolute atomic E-state index is 0.0871. The average Bonchev–Trinajstić information content (AvgIpc) is 3.24. The second-order valence-corrected chi connectivity index (χ2v) is 23.1. The van der Waals surface area contributed by atoms with Gasteiger partial charge in [0.1, 0.15) is 9.79 Å². The zero-order valence-electron chi connectivity index (χ0n) is 35.8. The normalized spacial score (nSPS) is 12.6. The Bertz CT molecular complexity index is 3520. The molecule has 0 bridgehead atoms. The highest BCUT2D eigenvalue weighted by Gasteiger charge is 2.20. The molecule has 0 unspecified atom stereocenters. The van der Waals surface area contributed by atoms with Gasteiger partial charge < -0.3 is 31.9 Å². The molecule has 72 heavy (non-hydrogen) atoms. The molecule has 0 saturated carbocycles. The van der Waals surface area contributed by atoms with Gasteiger partial charge in [-0.05, 0) is 83.9 Å². The van der Waals surface area contributed by atoms with E-state index in [-0.39, 0.29) is 69.6 Å². The van der Waals surface area contributed by atoms with Gasteiger partial charge in [-0.2, -0.15) is 80.4 Å². The fourth-order valence-electron chi connectivity index (χ4n) is 5.78. The molecule has 0 aliphatic heterocycles. The molecule has 0 aliphatic carbocycles. The van der Waals surface area contributed by atoms with Gasteiger partial charge in [0.2, 0.25) is 35.7 Å². The van der Waals surface area contributed by atoms with Gasteiger partial charge >= 0.3 is 0 Å². The smallest absolute Gasteiger partial charge is 0.295 e. The Hall–Kier alpha value is -7.10. The molecule has 0 aliphatic rings. The Balaban J connectivity index is 1.28. The molecular weight excluding hydrogens is 1080 g/mol. The van der Waals surface area contributed by atoms with Crippen LogP contribution in [0.25, 0.3) is 12.2 Å². The van der Waals surface area contributed by atoms with Crippen LogP contribution in [0.15, 0.2) is 105 Å². The van der Waals surface area contributed by atoms with Gasteiger partial charge in [-0.15, -0.1) is 0 Å². The van der Waals surface area contributed by atoms with E-state index in [0.717, 1.165) is 48.6 Å². The van der Waals surface area contributed by atoms with Crippen molar-refractivity contribution in [3.63, 3.8) is 0 Å². The molecule has 0 radical (unpaired) electrons. The van der Waals surface area contributed by atoms with Gasteiger partial charge in [0.05, 0.1) is 21.3 Å². The lowest BCUT2D eigenvalue weighted by molar-refractivity contribution is 0.480. The van der Waals surface area contributed by atoms with Crippen LogP contribution in [0.4, 0.5) is 58.4 Å². The number of benzene rings is 4. The minimum Gasteiger partial charge on any atom is -0.353 e. The van der Waals surface area contributed by atoms with Crippen LogP contribution < -0.4 is 31.9 Å². The van der Waals surface area contributed by atoms with E-state index in [1.54, 1.807) is 0 Å². The van der Waals surface area contributed by atoms with Crippen molar-refractivity contribution in [2.75, 3.05) is 56.5 Å². The number of nitrogens with zero attached hydrogens (tertiary/aromatic N) is 6. The van der Waals surface area contributed by atoms with Gasteiger partial charge in [0.25, 0.3) is 60.7 Å². The SMILES string of the molecule is O=S(=O)(O)CCNc1nc(Nc2ccc(S(=O)(=O)O)cc2)nc(Nc2ccc(/C=C/c3ccc(Nc4nc(NCCS(=O)(=O)O)nc(Nc5ccc(S(=O)(=O)O)cc5)n4)cc3S(=O)(=O)O)c(S(=O)(=O)O)c2)n1. The van der Waals surface area contributed by atoms with Crippen molar-refractivity contribution < 1.29 is 77.8 Å². The highest BCUT2D eigenvalue weighted by Crippen LogP contribution is 2.29. The Morgan fingerprint density at radius 1 is 0.361 bits per heavy atom. The van der Waals surface area contributed by atoms with Gasteiger partial charge in [-0.1, -0.05) is 24.3 Å². The summed E-state index contributed by atoms with van der Waals surface area (Å²) < 4.78 is 199. The zero-order chi connectivity index (χ0) is 52.9. The fourth-order valence-corrected chi connectivity index (χ4v) is 8.88. The summed E-state index contributed by atoms with van der Waals surface area (Å²) in [6.45, 7) is -0.804. The maximum Gasteiger partial charge on any atom is 0.295 e. The van der Waals surface area contributed by atoms with Crippen LogP contribution >= 0.6 is 0 Å². The third-order valence-corrected chi connectivity index (χ3v) is 13.9. The third kappa shape index (κ3) is 16.2. The Morgan fingerprint density at radius 3 is 0.917 bits per heavy atom. The van der Waals surface area contributed by atoms with Crippen LogP contribution in [0.5, 0.6) is 0 Å². The summed E-state index contributed by atoms with van der Waals surface area (Å²) in [6, 6.07) is 16.0. The largest absolute Gasteiger partial charge is 0.353 e. The summed E-state index contributed by atoms with van der Waals surface area (Å²) in [5, 5.41) is 16.0. The first-order chi connectivity index (χ1) is 33.4. The molecule has 0 atom stereocenters. The molecule has 6 aromatic rings. The molecule has 4 aromatic carbocycles. The lowest BCUT2D eigenvalue weighted by atomic mass is 10.1. The molecule has 36 heteroatoms. The zero-order valence-corrected chi connectivity index (χ0v) is 40.7. The minimum atomic E-state index is -5.07. The van der Waals surface area contributed by atoms with E-state index in [0.29, 0.717) is 0 Å². The van der Waals surface area contributed by atoms with E-state index in [9.17, 15) is 68.7 Å². The van der Waals surface area contributed by atoms with E-state index in [2.05, 4.69) is 61.8 Å². The van der Waals surface area contributed by atoms with Crippen LogP contribution in [0, 0.1) is 0 Å². The highest BCUT2D eigenvalue weighted by molar-refractivity contribution is 7.87. The van der Waals surface area contributed by atoms with Gasteiger partial charge in [0.15, 0.2) is 0 Å². The molecule has 12 N–H and O–H groups in total. The molecule has 0 fully saturated rings. The summed E-state index contributed by atoms with van der Waals surface area (Å²) >= 11 is 0. The van der Waals surface area contributed by atoms with Crippen molar-refractivity contribution in [2.24, 2.45) is 0 Å². The summed E-state index contributed by atoms with van der Waals surface area (Å²) in [7, 11) is -28.1. The van der Waals surface area contributed by atoms with Crippen molar-refractivity contribution in [1.82, 2.24) is 29.9 Å². The number of rotatable bonds is 22. The topological polar surface area (TPSA) is 476 Å². The van der Waals surface area contributed by atoms with Crippen molar-refractivity contribution in [3.8, 4) is 0 Å². The maximum absolute atomic E-state index is 12.7. The van der Waals surface area contributed by atoms with Crippen LogP contribution in [0.3, 0.4) is 0 Å². The van der Waals surface area contributed by atoms with Crippen LogP contribution in [0.1, 0.15) is 11.1 Å². The number of nitrogens with one attached hydrogen (secondary N) is 6. The predicted molar refractivity (Wildman–Crippen MR) is 257 cm³/mol. The number of hydrogen-bond acceptors (Lipinski definition) is 24. The predicted octanol–water partition coefficient (Wildman–Crippen LogP) is 2.79. The summed E-state index contributed by atoms with van der Waals surface area (Å²) in [4.78, 5) is 22.3. The monoisotopic (exact) mass is 1120 g/mol. The van der Waals surface area contributed by atoms with Crippen LogP contribution in [0.2, 0.25) is 0 Å². The fraction of sp³-hybridized carbons (Fsp3) is 0.111. The Labute approximate surface area is 409 Å². The standard InChI is InChI=1S/C36H36N12O18S6/c49-67(50,51)17-15-37-31-43-33(39-23-7-11-27(12-8-23)69(55,56)57)47-35(45-31)41-25-5-3-21(29(19-25)71(61,62)63)1-2-22-4-6-26(20-30(22)72(64,65)66)42-36-46-32(38-16-18-68(52,53)54)44-34(48-36)40-24-9-13-28(14-10-24)70(58,59)60/h1-14,19-20H,15-18H2,(H,49,50,51)(H,52,53,54)(H,55,56,57)(H,58,59,60)(H,61,62,63)(H,64,65,66)(H3,37,39,41,43,45,47)(H3,38,40,42,44,46,48)/b2-1+. The summed E-state index contributed by atoms with van der Waals surface area (Å²) in [5.74, 6) is -3.25. The first kappa shape index (κ1) is 54.2. The summed E-state index contributed by atoms with van der Waals surface area (Å²) in [5.41, 5.74) is -0.245. The second-order valence-electron chi connectivity index (χ2n) is 14.3. The van der Waals surface area contributed by atoms with Crippen molar-refractivity contribution in [1.29, 1.82) is 0 Å². The molecule has 2 aromatic heterocycles. The summed E-state index contributed by atoms with van der Waals surface area (Å²) in [6.07, 6.45) is 2.16. The second kappa shape index (κ2) is 21.3. The number of anilines is 10. The molecule has 0 saturated heterocycles. The lowest BCUT2D eigenvalue weighted by Gasteiger charge is -2.13. The molecule has 384 valence electrons. The molecular formula is C36H36N12O18S6. The van der Waals surface area contributed by atoms with E-state index in [4.69, 9.17) is 9.11 Å². The van der Waals surface area contributed by atoms with Gasteiger partial charge in [-0.3, -0.25) is 27.3 Å². The first-order valence-corrected chi connectivity index (χ1v) is 28.4. The van der Waals surface area contributed by atoms with Crippen molar-refractivity contribution in [2.45, 2.75) is 19.6 Å². The number of aromatic nitrogens is 6. The van der Waals surface area contributed by atoms with E-state index >= 15 is 0 Å². The number of hydrogen-bond donors (Lipinski definition) is 12. The Kier molecular flexibility index (Phi) is 16.1. The molecule has 30 nitrogen and oxygen atoms in total. The van der Waals surface area contributed by atoms with Gasteiger partial charge in [0, 0.05) is 35.8 Å². The quantitative estimate of drug-likeness (QED) is 0.0343. The van der Waals surface area contributed by atoms with Crippen LogP contribution in [-0.2, 0) is 60.7 Å². The highest BCUT2D eigenvalue weighted by atomic mass is 32.2. The molecule has 0 spiro atoms. The van der Waals surface area contributed by atoms with E-state index in [1.807, 2.05) is 0 Å². The third-order valence-electron chi connectivity index (χ3n) is 8.91. The molecule has 2 heterocycles. The van der Waals surface area contributed by atoms with E-state index < -0.39 is 105 Å². The van der Waals surface area contributed by atoms with Crippen LogP contribution in [-0.4, -0.2) is 132 Å². The van der Waals surface area contributed by atoms with Crippen molar-refractivity contribution >= 4 is 131 Å². The first-order valence-electron chi connectivity index (χ1n) is 19.4. The van der Waals surface area contributed by atoms with Gasteiger partial charge in [-0.25, -0.2) is 0 Å². The average molecular weight is 1120 g/mol. The Morgan fingerprint density at radius 2 is 0.639 bits per heavy atom. The molecule has 6 rings (SSSR count). The molecule has 0 amide bonds. The van der Waals surface area contributed by atoms with E-state index in [1.165, 1.54) is 48.5 Å². The lowest BCUT2D eigenvalue weighted by Crippen LogP contribution is -2.17. The van der Waals surface area contributed by atoms with Crippen molar-refractivity contribution in [3.05, 3.63) is 96.1 Å². The maximum atomic E-state index is 12.7.